The second-order valence-corrected chi connectivity index (χ2v) is 9.87. The van der Waals surface area contributed by atoms with Crippen molar-refractivity contribution in [3.05, 3.63) is 53.3 Å². The summed E-state index contributed by atoms with van der Waals surface area (Å²) in [4.78, 5) is 11.6. The summed E-state index contributed by atoms with van der Waals surface area (Å²) in [5.41, 5.74) is 1.81. The van der Waals surface area contributed by atoms with Crippen LogP contribution in [0.2, 0.25) is 5.02 Å². The van der Waals surface area contributed by atoms with Crippen molar-refractivity contribution in [2.75, 3.05) is 18.4 Å². The standard InChI is InChI=1S/C23H29ClN4OS2/c1-5-19-14-28(22(30)27-18-9-6-8-17(24)12-18)23(31-19)26-13-16(4)21-20(29-15(2)3)10-7-11-25-21/h6-12,15-16,19H,5,13-14H2,1-4H3,(H,27,30)/b26-23-. The van der Waals surface area contributed by atoms with E-state index in [9.17, 15) is 0 Å². The molecule has 2 aromatic rings. The Hall–Kier alpha value is -1.83. The van der Waals surface area contributed by atoms with Gasteiger partial charge in [-0.05, 0) is 62.8 Å². The third-order valence-electron chi connectivity index (χ3n) is 4.80. The van der Waals surface area contributed by atoms with Crippen molar-refractivity contribution >= 4 is 51.5 Å². The van der Waals surface area contributed by atoms with Crippen molar-refractivity contribution in [3.63, 3.8) is 0 Å². The van der Waals surface area contributed by atoms with Crippen molar-refractivity contribution in [3.8, 4) is 5.75 Å². The van der Waals surface area contributed by atoms with Crippen molar-refractivity contribution in [1.82, 2.24) is 9.88 Å². The zero-order valence-corrected chi connectivity index (χ0v) is 20.7. The zero-order chi connectivity index (χ0) is 22.4. The van der Waals surface area contributed by atoms with E-state index in [-0.39, 0.29) is 12.0 Å². The number of hydrogen-bond acceptors (Lipinski definition) is 5. The highest BCUT2D eigenvalue weighted by Crippen LogP contribution is 2.31. The summed E-state index contributed by atoms with van der Waals surface area (Å²) in [5, 5.41) is 6.01. The van der Waals surface area contributed by atoms with E-state index >= 15 is 0 Å². The fourth-order valence-corrected chi connectivity index (χ4v) is 4.88. The van der Waals surface area contributed by atoms with Gasteiger partial charge >= 0.3 is 0 Å². The molecule has 1 saturated heterocycles. The number of nitrogens with one attached hydrogen (secondary N) is 1. The molecule has 2 unspecified atom stereocenters. The van der Waals surface area contributed by atoms with E-state index in [1.165, 1.54) is 0 Å². The molecule has 1 fully saturated rings. The number of aliphatic imine (C=N–C) groups is 1. The molecule has 1 aliphatic heterocycles. The molecule has 1 aromatic heterocycles. The van der Waals surface area contributed by atoms with Crippen LogP contribution in [-0.4, -0.2) is 44.6 Å². The molecule has 0 radical (unpaired) electrons. The van der Waals surface area contributed by atoms with Crippen LogP contribution in [0.5, 0.6) is 5.75 Å². The number of aromatic nitrogens is 1. The minimum absolute atomic E-state index is 0.0996. The Morgan fingerprint density at radius 2 is 2.16 bits per heavy atom. The van der Waals surface area contributed by atoms with Gasteiger partial charge in [-0.3, -0.25) is 14.9 Å². The number of halogens is 1. The molecule has 2 heterocycles. The molecule has 0 amide bonds. The van der Waals surface area contributed by atoms with Gasteiger partial charge in [-0.2, -0.15) is 0 Å². The number of benzene rings is 1. The molecule has 166 valence electrons. The summed E-state index contributed by atoms with van der Waals surface area (Å²) in [6.07, 6.45) is 2.96. The molecule has 0 saturated carbocycles. The number of amidine groups is 1. The number of hydrogen-bond donors (Lipinski definition) is 1. The molecule has 0 bridgehead atoms. The predicted molar refractivity (Wildman–Crippen MR) is 137 cm³/mol. The lowest BCUT2D eigenvalue weighted by Crippen LogP contribution is -2.36. The molecule has 3 rings (SSSR count). The van der Waals surface area contributed by atoms with Crippen LogP contribution in [0.3, 0.4) is 0 Å². The normalized spacial score (nSPS) is 18.5. The molecular weight excluding hydrogens is 448 g/mol. The summed E-state index contributed by atoms with van der Waals surface area (Å²) in [6, 6.07) is 11.4. The van der Waals surface area contributed by atoms with Crippen LogP contribution < -0.4 is 10.1 Å². The fraction of sp³-hybridized carbons (Fsp3) is 0.435. The largest absolute Gasteiger partial charge is 0.489 e. The lowest BCUT2D eigenvalue weighted by atomic mass is 10.1. The predicted octanol–water partition coefficient (Wildman–Crippen LogP) is 6.21. The van der Waals surface area contributed by atoms with E-state index < -0.39 is 0 Å². The van der Waals surface area contributed by atoms with Crippen LogP contribution in [0.4, 0.5) is 5.69 Å². The average Bonchev–Trinajstić information content (AvgIpc) is 3.15. The maximum absolute atomic E-state index is 6.11. The SMILES string of the molecule is CCC1CN(C(=S)Nc2cccc(Cl)c2)/C(=N/CC(C)c2ncccc2OC(C)C)S1. The first-order valence-electron chi connectivity index (χ1n) is 10.5. The van der Waals surface area contributed by atoms with E-state index in [0.717, 1.165) is 35.3 Å². The molecule has 1 aromatic carbocycles. The highest BCUT2D eigenvalue weighted by atomic mass is 35.5. The topological polar surface area (TPSA) is 49.8 Å². The van der Waals surface area contributed by atoms with E-state index in [1.54, 1.807) is 18.0 Å². The van der Waals surface area contributed by atoms with E-state index in [4.69, 9.17) is 33.5 Å². The summed E-state index contributed by atoms with van der Waals surface area (Å²) in [7, 11) is 0. The molecule has 2 atom stereocenters. The number of ether oxygens (including phenoxy) is 1. The minimum atomic E-state index is 0.0996. The number of thiocarbonyl (C=S) groups is 1. The van der Waals surface area contributed by atoms with Gasteiger partial charge in [0.25, 0.3) is 0 Å². The maximum Gasteiger partial charge on any atom is 0.179 e. The van der Waals surface area contributed by atoms with Gasteiger partial charge in [0.05, 0.1) is 18.3 Å². The maximum atomic E-state index is 6.11. The molecule has 0 spiro atoms. The molecular formula is C23H29ClN4OS2. The second-order valence-electron chi connectivity index (χ2n) is 7.78. The Bertz CT molecular complexity index is 937. The van der Waals surface area contributed by atoms with Crippen molar-refractivity contribution < 1.29 is 4.74 Å². The Kier molecular flexibility index (Phi) is 8.58. The number of thioether (sulfide) groups is 1. The summed E-state index contributed by atoms with van der Waals surface area (Å²) >= 11 is 13.6. The second kappa shape index (κ2) is 11.2. The Labute approximate surface area is 199 Å². The Morgan fingerprint density at radius 1 is 1.35 bits per heavy atom. The van der Waals surface area contributed by atoms with E-state index in [1.807, 2.05) is 50.2 Å². The smallest absolute Gasteiger partial charge is 0.179 e. The van der Waals surface area contributed by atoms with Gasteiger partial charge in [0.1, 0.15) is 5.75 Å². The first-order chi connectivity index (χ1) is 14.9. The lowest BCUT2D eigenvalue weighted by Gasteiger charge is -2.21. The van der Waals surface area contributed by atoms with Crippen LogP contribution in [0.15, 0.2) is 47.6 Å². The number of anilines is 1. The van der Waals surface area contributed by atoms with Gasteiger partial charge in [-0.1, -0.05) is 43.3 Å². The minimum Gasteiger partial charge on any atom is -0.489 e. The lowest BCUT2D eigenvalue weighted by molar-refractivity contribution is 0.237. The summed E-state index contributed by atoms with van der Waals surface area (Å²) in [5.74, 6) is 0.950. The summed E-state index contributed by atoms with van der Waals surface area (Å²) < 4.78 is 5.94. The van der Waals surface area contributed by atoms with Crippen molar-refractivity contribution in [2.24, 2.45) is 4.99 Å². The van der Waals surface area contributed by atoms with Crippen molar-refractivity contribution in [1.29, 1.82) is 0 Å². The van der Waals surface area contributed by atoms with E-state index in [0.29, 0.717) is 21.9 Å². The average molecular weight is 477 g/mol. The molecule has 1 aliphatic rings. The Morgan fingerprint density at radius 3 is 2.87 bits per heavy atom. The molecule has 31 heavy (non-hydrogen) atoms. The van der Waals surface area contributed by atoms with Crippen LogP contribution in [-0.2, 0) is 0 Å². The van der Waals surface area contributed by atoms with Gasteiger partial charge in [0.15, 0.2) is 10.3 Å². The van der Waals surface area contributed by atoms with Crippen LogP contribution in [0.1, 0.15) is 45.7 Å². The third kappa shape index (κ3) is 6.57. The number of rotatable bonds is 7. The van der Waals surface area contributed by atoms with Crippen LogP contribution in [0.25, 0.3) is 0 Å². The van der Waals surface area contributed by atoms with Crippen molar-refractivity contribution in [2.45, 2.75) is 51.4 Å². The van der Waals surface area contributed by atoms with Gasteiger partial charge in [-0.15, -0.1) is 0 Å². The fourth-order valence-electron chi connectivity index (χ4n) is 3.22. The van der Waals surface area contributed by atoms with Gasteiger partial charge in [0, 0.05) is 34.6 Å². The van der Waals surface area contributed by atoms with Gasteiger partial charge in [0.2, 0.25) is 0 Å². The molecule has 8 heteroatoms. The molecule has 1 N–H and O–H groups in total. The Balaban J connectivity index is 1.74. The van der Waals surface area contributed by atoms with Gasteiger partial charge in [-0.25, -0.2) is 0 Å². The van der Waals surface area contributed by atoms with Crippen LogP contribution in [0, 0.1) is 0 Å². The van der Waals surface area contributed by atoms with E-state index in [2.05, 4.69) is 29.0 Å². The highest BCUT2D eigenvalue weighted by molar-refractivity contribution is 8.14. The highest BCUT2D eigenvalue weighted by Gasteiger charge is 2.30. The number of nitrogens with zero attached hydrogens (tertiary/aromatic N) is 3. The van der Waals surface area contributed by atoms with Crippen LogP contribution >= 0.6 is 35.6 Å². The quantitative estimate of drug-likeness (QED) is 0.479. The summed E-state index contributed by atoms with van der Waals surface area (Å²) in [6.45, 7) is 9.81. The zero-order valence-electron chi connectivity index (χ0n) is 18.3. The number of pyridine rings is 1. The molecule has 0 aliphatic carbocycles. The molecule has 5 nitrogen and oxygen atoms in total. The monoisotopic (exact) mass is 476 g/mol. The first kappa shape index (κ1) is 23.8. The third-order valence-corrected chi connectivity index (χ3v) is 6.73. The first-order valence-corrected chi connectivity index (χ1v) is 12.2. The van der Waals surface area contributed by atoms with Gasteiger partial charge < -0.3 is 10.1 Å².